The molecule has 0 bridgehead atoms. The molecule has 0 saturated carbocycles. The van der Waals surface area contributed by atoms with E-state index in [1.807, 2.05) is 13.8 Å². The third-order valence-corrected chi connectivity index (χ3v) is 5.55. The van der Waals surface area contributed by atoms with E-state index in [0.29, 0.717) is 22.7 Å². The third-order valence-electron chi connectivity index (χ3n) is 4.64. The number of imidazole rings is 1. The summed E-state index contributed by atoms with van der Waals surface area (Å²) in [6, 6.07) is 6.87. The number of nitrogens with one attached hydrogen (secondary N) is 1. The molecule has 0 aliphatic rings. The lowest BCUT2D eigenvalue weighted by Gasteiger charge is -2.15. The molecule has 30 heavy (non-hydrogen) atoms. The SMILES string of the molecule is Cc1nc(C(O)Nc2cnc3c(C)cc(-c4ccccc4C(F)(F)F)nn23)c(C)s1. The molecule has 4 aromatic rings. The molecule has 0 saturated heterocycles. The van der Waals surface area contributed by atoms with Crippen LogP contribution < -0.4 is 5.32 Å². The Hall–Kier alpha value is -2.98. The van der Waals surface area contributed by atoms with Crippen LogP contribution in [0.25, 0.3) is 16.9 Å². The number of anilines is 1. The molecule has 0 aliphatic carbocycles. The van der Waals surface area contributed by atoms with Crippen LogP contribution in [0.5, 0.6) is 0 Å². The Labute approximate surface area is 174 Å². The number of aromatic nitrogens is 4. The zero-order chi connectivity index (χ0) is 21.6. The lowest BCUT2D eigenvalue weighted by Crippen LogP contribution is -2.14. The number of rotatable bonds is 4. The molecule has 156 valence electrons. The van der Waals surface area contributed by atoms with Gasteiger partial charge in [-0.3, -0.25) is 0 Å². The first-order valence-electron chi connectivity index (χ1n) is 9.05. The van der Waals surface area contributed by atoms with Gasteiger partial charge in [-0.1, -0.05) is 18.2 Å². The Balaban J connectivity index is 1.79. The normalized spacial score (nSPS) is 13.0. The van der Waals surface area contributed by atoms with E-state index in [1.54, 1.807) is 13.0 Å². The second kappa shape index (κ2) is 7.37. The highest BCUT2D eigenvalue weighted by Crippen LogP contribution is 2.37. The fourth-order valence-electron chi connectivity index (χ4n) is 3.31. The van der Waals surface area contributed by atoms with Crippen molar-refractivity contribution in [3.05, 3.63) is 63.2 Å². The number of halogens is 3. The summed E-state index contributed by atoms with van der Waals surface area (Å²) in [7, 11) is 0. The minimum absolute atomic E-state index is 0.0267. The maximum Gasteiger partial charge on any atom is 0.417 e. The van der Waals surface area contributed by atoms with Gasteiger partial charge < -0.3 is 10.4 Å². The van der Waals surface area contributed by atoms with E-state index in [9.17, 15) is 18.3 Å². The van der Waals surface area contributed by atoms with Gasteiger partial charge in [-0.15, -0.1) is 11.3 Å². The summed E-state index contributed by atoms with van der Waals surface area (Å²) in [4.78, 5) is 9.47. The van der Waals surface area contributed by atoms with Gasteiger partial charge in [0.2, 0.25) is 0 Å². The van der Waals surface area contributed by atoms with Crippen LogP contribution in [-0.2, 0) is 6.18 Å². The first kappa shape index (κ1) is 20.3. The molecule has 0 spiro atoms. The molecule has 0 radical (unpaired) electrons. The first-order valence-corrected chi connectivity index (χ1v) is 9.87. The molecule has 4 rings (SSSR count). The molecule has 2 N–H and O–H groups in total. The van der Waals surface area contributed by atoms with Crippen molar-refractivity contribution in [2.75, 3.05) is 5.32 Å². The Morgan fingerprint density at radius 1 is 1.17 bits per heavy atom. The van der Waals surface area contributed by atoms with Crippen LogP contribution in [0, 0.1) is 20.8 Å². The largest absolute Gasteiger partial charge is 0.417 e. The lowest BCUT2D eigenvalue weighted by molar-refractivity contribution is -0.137. The van der Waals surface area contributed by atoms with Crippen LogP contribution in [0.2, 0.25) is 0 Å². The van der Waals surface area contributed by atoms with Gasteiger partial charge in [-0.2, -0.15) is 22.8 Å². The van der Waals surface area contributed by atoms with Crippen LogP contribution in [0.1, 0.15) is 32.9 Å². The van der Waals surface area contributed by atoms with Crippen LogP contribution in [-0.4, -0.2) is 24.7 Å². The molecule has 0 amide bonds. The van der Waals surface area contributed by atoms with E-state index in [1.165, 1.54) is 40.2 Å². The Kier molecular flexibility index (Phi) is 4.99. The minimum atomic E-state index is -4.51. The van der Waals surface area contributed by atoms with Gasteiger partial charge in [0, 0.05) is 10.4 Å². The first-order chi connectivity index (χ1) is 14.1. The number of nitrogens with zero attached hydrogens (tertiary/aromatic N) is 4. The number of fused-ring (bicyclic) bond motifs is 1. The number of alkyl halides is 3. The molecule has 1 aromatic carbocycles. The minimum Gasteiger partial charge on any atom is -0.368 e. The average Bonchev–Trinajstić information content (AvgIpc) is 3.24. The third kappa shape index (κ3) is 3.63. The number of hydrogen-bond donors (Lipinski definition) is 2. The van der Waals surface area contributed by atoms with Crippen LogP contribution in [0.3, 0.4) is 0 Å². The number of hydrogen-bond acceptors (Lipinski definition) is 6. The highest BCUT2D eigenvalue weighted by Gasteiger charge is 2.34. The van der Waals surface area contributed by atoms with Crippen LogP contribution in [0.4, 0.5) is 19.0 Å². The summed E-state index contributed by atoms with van der Waals surface area (Å²) in [5.74, 6) is 0.344. The molecule has 10 heteroatoms. The maximum absolute atomic E-state index is 13.5. The monoisotopic (exact) mass is 433 g/mol. The molecule has 0 aliphatic heterocycles. The number of aliphatic hydroxyl groups excluding tert-OH is 1. The van der Waals surface area contributed by atoms with E-state index < -0.39 is 18.0 Å². The van der Waals surface area contributed by atoms with Gasteiger partial charge in [0.25, 0.3) is 0 Å². The van der Waals surface area contributed by atoms with Crippen molar-refractivity contribution < 1.29 is 18.3 Å². The average molecular weight is 433 g/mol. The molecule has 1 atom stereocenters. The van der Waals surface area contributed by atoms with E-state index in [0.717, 1.165) is 16.0 Å². The maximum atomic E-state index is 13.5. The van der Waals surface area contributed by atoms with E-state index in [2.05, 4.69) is 20.4 Å². The smallest absolute Gasteiger partial charge is 0.368 e. The van der Waals surface area contributed by atoms with Gasteiger partial charge in [0.15, 0.2) is 17.7 Å². The molecule has 3 aromatic heterocycles. The summed E-state index contributed by atoms with van der Waals surface area (Å²) >= 11 is 1.46. The molecule has 3 heterocycles. The Bertz CT molecular complexity index is 1230. The topological polar surface area (TPSA) is 75.3 Å². The highest BCUT2D eigenvalue weighted by atomic mass is 32.1. The fraction of sp³-hybridized carbons (Fsp3) is 0.250. The second-order valence-electron chi connectivity index (χ2n) is 6.86. The Morgan fingerprint density at radius 3 is 2.57 bits per heavy atom. The highest BCUT2D eigenvalue weighted by molar-refractivity contribution is 7.11. The number of thiazole rings is 1. The second-order valence-corrected chi connectivity index (χ2v) is 8.26. The molecule has 6 nitrogen and oxygen atoms in total. The standard InChI is InChI=1S/C20H18F3N5OS/c1-10-8-15(13-6-4-5-7-14(13)20(21,22)23)27-28-16(9-24-18(10)28)26-19(29)17-11(2)30-12(3)25-17/h4-9,19,26,29H,1-3H3. The number of aliphatic hydroxyl groups is 1. The van der Waals surface area contributed by atoms with E-state index >= 15 is 0 Å². The van der Waals surface area contributed by atoms with Gasteiger partial charge in [-0.25, -0.2) is 9.97 Å². The van der Waals surface area contributed by atoms with Crippen molar-refractivity contribution in [1.29, 1.82) is 0 Å². The van der Waals surface area contributed by atoms with Crippen molar-refractivity contribution in [2.45, 2.75) is 33.2 Å². The van der Waals surface area contributed by atoms with Crippen LogP contribution in [0.15, 0.2) is 36.5 Å². The van der Waals surface area contributed by atoms with Crippen LogP contribution >= 0.6 is 11.3 Å². The number of benzene rings is 1. The van der Waals surface area contributed by atoms with Gasteiger partial charge >= 0.3 is 6.18 Å². The summed E-state index contributed by atoms with van der Waals surface area (Å²) in [5, 5.41) is 18.7. The molecular formula is C20H18F3N5OS. The molecule has 0 fully saturated rings. The van der Waals surface area contributed by atoms with Crippen molar-refractivity contribution in [3.8, 4) is 11.3 Å². The quantitative estimate of drug-likeness (QED) is 0.448. The van der Waals surface area contributed by atoms with Crippen molar-refractivity contribution in [3.63, 3.8) is 0 Å². The predicted molar refractivity (Wildman–Crippen MR) is 108 cm³/mol. The molecular weight excluding hydrogens is 415 g/mol. The zero-order valence-corrected chi connectivity index (χ0v) is 17.1. The predicted octanol–water partition coefficient (Wildman–Crippen LogP) is 4.90. The molecule has 1 unspecified atom stereocenters. The van der Waals surface area contributed by atoms with Gasteiger partial charge in [0.1, 0.15) is 5.69 Å². The van der Waals surface area contributed by atoms with Crippen molar-refractivity contribution >= 4 is 22.8 Å². The van der Waals surface area contributed by atoms with E-state index in [-0.39, 0.29) is 11.3 Å². The summed E-state index contributed by atoms with van der Waals surface area (Å²) < 4.78 is 41.8. The fourth-order valence-corrected chi connectivity index (χ4v) is 4.16. The van der Waals surface area contributed by atoms with E-state index in [4.69, 9.17) is 0 Å². The summed E-state index contributed by atoms with van der Waals surface area (Å²) in [6.07, 6.45) is -4.14. The van der Waals surface area contributed by atoms with Crippen molar-refractivity contribution in [2.24, 2.45) is 0 Å². The van der Waals surface area contributed by atoms with Gasteiger partial charge in [-0.05, 0) is 38.5 Å². The summed E-state index contributed by atoms with van der Waals surface area (Å²) in [6.45, 7) is 5.45. The Morgan fingerprint density at radius 2 is 1.90 bits per heavy atom. The zero-order valence-electron chi connectivity index (χ0n) is 16.3. The lowest BCUT2D eigenvalue weighted by atomic mass is 10.0. The summed E-state index contributed by atoms with van der Waals surface area (Å²) in [5.41, 5.74) is 0.983. The number of aryl methyl sites for hydroxylation is 3. The van der Waals surface area contributed by atoms with Crippen molar-refractivity contribution in [1.82, 2.24) is 19.6 Å². The van der Waals surface area contributed by atoms with Gasteiger partial charge in [0.05, 0.1) is 22.5 Å².